The van der Waals surface area contributed by atoms with Crippen LogP contribution in [0.15, 0.2) is 36.0 Å². The third kappa shape index (κ3) is 30.5. The van der Waals surface area contributed by atoms with E-state index in [1.54, 1.807) is 32.1 Å². The van der Waals surface area contributed by atoms with E-state index in [0.717, 1.165) is 0 Å². The summed E-state index contributed by atoms with van der Waals surface area (Å²) < 4.78 is 0. The zero-order valence-electron chi connectivity index (χ0n) is 12.7. The van der Waals surface area contributed by atoms with Gasteiger partial charge in [-0.1, -0.05) is 18.2 Å². The number of hydrogen-bond donors (Lipinski definition) is 5. The molecule has 0 aromatic heterocycles. The molecule has 8 heteroatoms. The maximum Gasteiger partial charge on any atom is 0.330 e. The summed E-state index contributed by atoms with van der Waals surface area (Å²) in [6, 6.07) is 0. The van der Waals surface area contributed by atoms with E-state index in [9.17, 15) is 14.4 Å². The number of aliphatic hydroxyl groups excluding tert-OH is 2. The van der Waals surface area contributed by atoms with E-state index in [1.807, 2.05) is 0 Å². The summed E-state index contributed by atoms with van der Waals surface area (Å²) >= 11 is 0. The van der Waals surface area contributed by atoms with Gasteiger partial charge in [0.2, 0.25) is 11.8 Å². The van der Waals surface area contributed by atoms with Crippen molar-refractivity contribution in [2.24, 2.45) is 11.5 Å². The number of rotatable bonds is 6. The number of amides is 2. The van der Waals surface area contributed by atoms with Gasteiger partial charge in [-0.25, -0.2) is 4.79 Å². The van der Waals surface area contributed by atoms with Crippen molar-refractivity contribution < 1.29 is 29.7 Å². The molecule has 0 bridgehead atoms. The highest BCUT2D eigenvalue weighted by Gasteiger charge is 1.93. The first-order valence-electron chi connectivity index (χ1n) is 6.22. The van der Waals surface area contributed by atoms with Gasteiger partial charge in [0.05, 0.1) is 13.2 Å². The molecule has 0 aromatic rings. The van der Waals surface area contributed by atoms with E-state index in [1.165, 1.54) is 12.2 Å². The lowest BCUT2D eigenvalue weighted by molar-refractivity contribution is -0.132. The smallest absolute Gasteiger partial charge is 0.330 e. The molecule has 0 spiro atoms. The lowest BCUT2D eigenvalue weighted by atomic mass is 10.3. The summed E-state index contributed by atoms with van der Waals surface area (Å²) in [4.78, 5) is 30.1. The van der Waals surface area contributed by atoms with Gasteiger partial charge < -0.3 is 26.8 Å². The minimum absolute atomic E-state index is 0.125. The molecule has 0 aromatic carbocycles. The van der Waals surface area contributed by atoms with Crippen LogP contribution in [-0.4, -0.2) is 46.3 Å². The van der Waals surface area contributed by atoms with Gasteiger partial charge in [-0.3, -0.25) is 9.59 Å². The standard InChI is InChI=1S/C7H10N2O2.C5H8O2.C2H6O2/c8-6(10)4-2-1-3-5-7(9)11;1-3-4(2)5(6)7;3-1-2-4/h2-5H,1H2,(H2,8,10)(H2,9,11);3H,1-2H3,(H,6,7);3-4H,1-2H2. The summed E-state index contributed by atoms with van der Waals surface area (Å²) in [7, 11) is 0. The molecule has 0 unspecified atom stereocenters. The van der Waals surface area contributed by atoms with Crippen molar-refractivity contribution in [3.63, 3.8) is 0 Å². The van der Waals surface area contributed by atoms with Gasteiger partial charge in [0.15, 0.2) is 0 Å². The highest BCUT2D eigenvalue weighted by atomic mass is 16.4. The monoisotopic (exact) mass is 316 g/mol. The average molecular weight is 316 g/mol. The predicted octanol–water partition coefficient (Wildman–Crippen LogP) is -0.532. The van der Waals surface area contributed by atoms with Crippen LogP contribution in [0.5, 0.6) is 0 Å². The Kier molecular flexibility index (Phi) is 20.7. The molecule has 7 N–H and O–H groups in total. The summed E-state index contributed by atoms with van der Waals surface area (Å²) in [5, 5.41) is 23.4. The first-order chi connectivity index (χ1) is 10.2. The number of aliphatic carboxylic acids is 1. The number of primary amides is 2. The molecule has 0 aliphatic carbocycles. The van der Waals surface area contributed by atoms with Crippen molar-refractivity contribution >= 4 is 17.8 Å². The molecule has 0 aliphatic rings. The zero-order chi connectivity index (χ0) is 18.0. The van der Waals surface area contributed by atoms with Crippen LogP contribution >= 0.6 is 0 Å². The van der Waals surface area contributed by atoms with Crippen LogP contribution < -0.4 is 11.5 Å². The van der Waals surface area contributed by atoms with Gasteiger partial charge in [-0.05, 0) is 32.4 Å². The number of carboxylic acids is 1. The van der Waals surface area contributed by atoms with Crippen LogP contribution in [-0.2, 0) is 14.4 Å². The van der Waals surface area contributed by atoms with E-state index in [2.05, 4.69) is 0 Å². The number of nitrogens with two attached hydrogens (primary N) is 2. The van der Waals surface area contributed by atoms with Gasteiger partial charge in [-0.15, -0.1) is 0 Å². The van der Waals surface area contributed by atoms with E-state index < -0.39 is 17.8 Å². The molecular formula is C14H24N2O6. The first-order valence-corrected chi connectivity index (χ1v) is 6.22. The molecule has 0 rings (SSSR count). The fourth-order valence-corrected chi connectivity index (χ4v) is 0.570. The maximum absolute atomic E-state index is 10.1. The highest BCUT2D eigenvalue weighted by molar-refractivity contribution is 5.86. The lowest BCUT2D eigenvalue weighted by Crippen LogP contribution is -2.05. The van der Waals surface area contributed by atoms with E-state index >= 15 is 0 Å². The molecule has 0 saturated carbocycles. The Morgan fingerprint density at radius 3 is 1.45 bits per heavy atom. The Hall–Kier alpha value is -2.45. The second-order valence-electron chi connectivity index (χ2n) is 3.57. The van der Waals surface area contributed by atoms with Gasteiger partial charge in [-0.2, -0.15) is 0 Å². The van der Waals surface area contributed by atoms with Gasteiger partial charge in [0, 0.05) is 5.57 Å². The Labute approximate surface area is 129 Å². The summed E-state index contributed by atoms with van der Waals surface area (Å²) in [5.41, 5.74) is 9.97. The number of aliphatic hydroxyl groups is 2. The summed E-state index contributed by atoms with van der Waals surface area (Å²) in [6.45, 7) is 3.01. The largest absolute Gasteiger partial charge is 0.478 e. The number of carboxylic acid groups (broad SMARTS) is 1. The molecule has 0 radical (unpaired) electrons. The van der Waals surface area contributed by atoms with Gasteiger partial charge in [0.25, 0.3) is 0 Å². The number of hydrogen-bond acceptors (Lipinski definition) is 5. The SMILES string of the molecule is CC=C(C)C(=O)O.NC(=O)C=CCC=CC(N)=O.OCCO. The molecule has 0 fully saturated rings. The van der Waals surface area contributed by atoms with Crippen molar-refractivity contribution in [2.45, 2.75) is 20.3 Å². The Balaban J connectivity index is -0.000000280. The minimum atomic E-state index is -0.845. The summed E-state index contributed by atoms with van der Waals surface area (Å²) in [6.07, 6.45) is 7.58. The van der Waals surface area contributed by atoms with E-state index in [4.69, 9.17) is 26.8 Å². The van der Waals surface area contributed by atoms with Crippen LogP contribution in [0.4, 0.5) is 0 Å². The van der Waals surface area contributed by atoms with Crippen LogP contribution in [0, 0.1) is 0 Å². The molecule has 22 heavy (non-hydrogen) atoms. The Bertz CT molecular complexity index is 390. The normalized spacial score (nSPS) is 10.5. The molecule has 0 heterocycles. The molecule has 0 aliphatic heterocycles. The highest BCUT2D eigenvalue weighted by Crippen LogP contribution is 1.87. The second-order valence-corrected chi connectivity index (χ2v) is 3.57. The fourth-order valence-electron chi connectivity index (χ4n) is 0.570. The van der Waals surface area contributed by atoms with Crippen LogP contribution in [0.2, 0.25) is 0 Å². The van der Waals surface area contributed by atoms with E-state index in [-0.39, 0.29) is 13.2 Å². The second kappa shape index (κ2) is 18.6. The minimum Gasteiger partial charge on any atom is -0.478 e. The number of allylic oxidation sites excluding steroid dienone is 3. The number of carbonyl (C=O) groups excluding carboxylic acids is 2. The van der Waals surface area contributed by atoms with Crippen molar-refractivity contribution in [1.29, 1.82) is 0 Å². The number of carbonyl (C=O) groups is 3. The lowest BCUT2D eigenvalue weighted by Gasteiger charge is -1.84. The van der Waals surface area contributed by atoms with Crippen molar-refractivity contribution in [3.05, 3.63) is 36.0 Å². The molecule has 2 amide bonds. The summed E-state index contributed by atoms with van der Waals surface area (Å²) in [5.74, 6) is -1.85. The van der Waals surface area contributed by atoms with Crippen molar-refractivity contribution in [1.82, 2.24) is 0 Å². The molecule has 0 saturated heterocycles. The predicted molar refractivity (Wildman–Crippen MR) is 82.5 cm³/mol. The van der Waals surface area contributed by atoms with Crippen molar-refractivity contribution in [3.8, 4) is 0 Å². The van der Waals surface area contributed by atoms with Crippen LogP contribution in [0.3, 0.4) is 0 Å². The van der Waals surface area contributed by atoms with Crippen LogP contribution in [0.25, 0.3) is 0 Å². The Morgan fingerprint density at radius 1 is 0.955 bits per heavy atom. The molecular weight excluding hydrogens is 292 g/mol. The zero-order valence-corrected chi connectivity index (χ0v) is 12.7. The average Bonchev–Trinajstić information content (AvgIpc) is 2.46. The van der Waals surface area contributed by atoms with Gasteiger partial charge in [0.1, 0.15) is 0 Å². The van der Waals surface area contributed by atoms with Crippen molar-refractivity contribution in [2.75, 3.05) is 13.2 Å². The molecule has 8 nitrogen and oxygen atoms in total. The molecule has 0 atom stereocenters. The topological polar surface area (TPSA) is 164 Å². The van der Waals surface area contributed by atoms with Gasteiger partial charge >= 0.3 is 5.97 Å². The van der Waals surface area contributed by atoms with E-state index in [0.29, 0.717) is 12.0 Å². The first kappa shape index (κ1) is 24.6. The third-order valence-corrected chi connectivity index (χ3v) is 1.71. The maximum atomic E-state index is 10.1. The fraction of sp³-hybridized carbons (Fsp3) is 0.357. The molecule has 126 valence electrons. The Morgan fingerprint density at radius 2 is 1.32 bits per heavy atom. The quantitative estimate of drug-likeness (QED) is 0.413. The third-order valence-electron chi connectivity index (χ3n) is 1.71. The van der Waals surface area contributed by atoms with Crippen LogP contribution in [0.1, 0.15) is 20.3 Å².